The van der Waals surface area contributed by atoms with E-state index in [9.17, 15) is 9.59 Å². The van der Waals surface area contributed by atoms with E-state index in [0.717, 1.165) is 29.0 Å². The van der Waals surface area contributed by atoms with Crippen LogP contribution < -0.4 is 19.8 Å². The lowest BCUT2D eigenvalue weighted by atomic mass is 9.97. The number of rotatable bonds is 8. The molecule has 1 aliphatic rings. The van der Waals surface area contributed by atoms with Gasteiger partial charge in [-0.15, -0.1) is 10.2 Å². The Bertz CT molecular complexity index is 1590. The number of methoxy groups -OCH3 is 1. The first-order chi connectivity index (χ1) is 18.2. The largest absolute Gasteiger partial charge is 0.493 e. The fraction of sp³-hybridized carbons (Fsp3) is 0.379. The van der Waals surface area contributed by atoms with E-state index >= 15 is 0 Å². The molecule has 4 aromatic rings. The van der Waals surface area contributed by atoms with Crippen molar-refractivity contribution in [1.82, 2.24) is 10.2 Å². The first-order valence-corrected chi connectivity index (χ1v) is 13.6. The molecule has 9 heteroatoms. The van der Waals surface area contributed by atoms with E-state index in [1.807, 2.05) is 44.2 Å². The quantitative estimate of drug-likeness (QED) is 0.274. The van der Waals surface area contributed by atoms with Crippen molar-refractivity contribution in [3.05, 3.63) is 73.6 Å². The van der Waals surface area contributed by atoms with Crippen LogP contribution >= 0.6 is 11.3 Å². The van der Waals surface area contributed by atoms with Crippen LogP contribution in [0.25, 0.3) is 11.0 Å². The summed E-state index contributed by atoms with van der Waals surface area (Å²) in [5.41, 5.74) is 3.09. The second-order valence-corrected chi connectivity index (χ2v) is 11.1. The summed E-state index contributed by atoms with van der Waals surface area (Å²) >= 11 is 1.35. The molecule has 1 aliphatic heterocycles. The van der Waals surface area contributed by atoms with Crippen molar-refractivity contribution in [3.63, 3.8) is 0 Å². The van der Waals surface area contributed by atoms with Crippen LogP contribution in [-0.4, -0.2) is 29.8 Å². The smallest absolute Gasteiger partial charge is 0.297 e. The molecule has 1 unspecified atom stereocenters. The van der Waals surface area contributed by atoms with Crippen molar-refractivity contribution < 1.29 is 18.7 Å². The highest BCUT2D eigenvalue weighted by atomic mass is 32.1. The van der Waals surface area contributed by atoms with Crippen LogP contribution in [0.5, 0.6) is 11.5 Å². The summed E-state index contributed by atoms with van der Waals surface area (Å²) in [6.45, 7) is 10.6. The Morgan fingerprint density at radius 2 is 1.84 bits per heavy atom. The van der Waals surface area contributed by atoms with E-state index in [1.165, 1.54) is 16.2 Å². The fourth-order valence-electron chi connectivity index (χ4n) is 4.63. The molecule has 3 heterocycles. The third kappa shape index (κ3) is 4.45. The molecule has 0 aliphatic carbocycles. The summed E-state index contributed by atoms with van der Waals surface area (Å²) in [4.78, 5) is 29.4. The van der Waals surface area contributed by atoms with Gasteiger partial charge in [-0.1, -0.05) is 38.2 Å². The third-order valence-corrected chi connectivity index (χ3v) is 7.67. The number of anilines is 1. The Morgan fingerprint density at radius 3 is 2.55 bits per heavy atom. The molecule has 0 spiro atoms. The maximum absolute atomic E-state index is 14.0. The highest BCUT2D eigenvalue weighted by Gasteiger charge is 2.45. The van der Waals surface area contributed by atoms with Crippen molar-refractivity contribution in [2.24, 2.45) is 5.92 Å². The maximum atomic E-state index is 14.0. The van der Waals surface area contributed by atoms with Crippen LogP contribution in [0.1, 0.15) is 71.1 Å². The number of aromatic nitrogens is 2. The van der Waals surface area contributed by atoms with Gasteiger partial charge in [0.15, 0.2) is 16.9 Å². The molecule has 38 heavy (non-hydrogen) atoms. The lowest BCUT2D eigenvalue weighted by Crippen LogP contribution is -2.29. The van der Waals surface area contributed by atoms with Gasteiger partial charge in [-0.25, -0.2) is 0 Å². The number of carbonyl (C=O) groups is 1. The average molecular weight is 534 g/mol. The first kappa shape index (κ1) is 25.9. The summed E-state index contributed by atoms with van der Waals surface area (Å²) in [5.74, 6) is 1.07. The van der Waals surface area contributed by atoms with Gasteiger partial charge in [-0.3, -0.25) is 14.5 Å². The topological polar surface area (TPSA) is 94.8 Å². The van der Waals surface area contributed by atoms with Gasteiger partial charge >= 0.3 is 0 Å². The predicted octanol–water partition coefficient (Wildman–Crippen LogP) is 6.01. The second-order valence-electron chi connectivity index (χ2n) is 10.0. The van der Waals surface area contributed by atoms with Crippen LogP contribution in [0.15, 0.2) is 39.5 Å². The Morgan fingerprint density at radius 1 is 1.08 bits per heavy atom. The molecule has 0 N–H and O–H groups in total. The minimum Gasteiger partial charge on any atom is -0.493 e. The standard InChI is InChI=1S/C29H31N3O5S/c1-7-8-23-30-31-29(38-23)32-25(18-9-10-20(22(13-18)35-6)36-14-15(2)3)24-26(33)19-11-16(4)17(5)12-21(19)37-27(24)28(32)34/h9-13,15,25H,7-8,14H2,1-6H3. The molecule has 0 radical (unpaired) electrons. The molecule has 0 saturated carbocycles. The lowest BCUT2D eigenvalue weighted by Gasteiger charge is -2.23. The number of aryl methyl sites for hydroxylation is 3. The van der Waals surface area contributed by atoms with E-state index in [4.69, 9.17) is 13.9 Å². The molecule has 2 aromatic carbocycles. The zero-order valence-corrected chi connectivity index (χ0v) is 23.3. The van der Waals surface area contributed by atoms with Gasteiger partial charge < -0.3 is 13.9 Å². The molecule has 0 fully saturated rings. The van der Waals surface area contributed by atoms with E-state index in [0.29, 0.717) is 45.7 Å². The fourth-order valence-corrected chi connectivity index (χ4v) is 5.59. The molecule has 8 nitrogen and oxygen atoms in total. The van der Waals surface area contributed by atoms with Gasteiger partial charge in [-0.2, -0.15) is 0 Å². The summed E-state index contributed by atoms with van der Waals surface area (Å²) in [7, 11) is 1.57. The van der Waals surface area contributed by atoms with Gasteiger partial charge in [0.1, 0.15) is 10.6 Å². The molecule has 198 valence electrons. The first-order valence-electron chi connectivity index (χ1n) is 12.8. The van der Waals surface area contributed by atoms with E-state index in [2.05, 4.69) is 31.0 Å². The molecular formula is C29H31N3O5S. The molecular weight excluding hydrogens is 502 g/mol. The number of nitrogens with zero attached hydrogens (tertiary/aromatic N) is 3. The van der Waals surface area contributed by atoms with Crippen LogP contribution in [0.4, 0.5) is 5.13 Å². The second kappa shape index (κ2) is 10.2. The van der Waals surface area contributed by atoms with Gasteiger partial charge in [0.2, 0.25) is 10.9 Å². The van der Waals surface area contributed by atoms with Crippen molar-refractivity contribution in [1.29, 1.82) is 0 Å². The summed E-state index contributed by atoms with van der Waals surface area (Å²) in [6, 6.07) is 8.37. The number of benzene rings is 2. The monoisotopic (exact) mass is 533 g/mol. The number of amides is 1. The predicted molar refractivity (Wildman–Crippen MR) is 148 cm³/mol. The van der Waals surface area contributed by atoms with Crippen molar-refractivity contribution in [2.75, 3.05) is 18.6 Å². The SMILES string of the molecule is CCCc1nnc(N2C(=O)c3oc4cc(C)c(C)cc4c(=O)c3C2c2ccc(OCC(C)C)c(OC)c2)s1. The van der Waals surface area contributed by atoms with Gasteiger partial charge in [0.05, 0.1) is 30.7 Å². The normalized spacial score (nSPS) is 15.0. The number of carbonyl (C=O) groups excluding carboxylic acids is 1. The number of hydrogen-bond acceptors (Lipinski definition) is 8. The number of fused-ring (bicyclic) bond motifs is 2. The molecule has 5 rings (SSSR count). The van der Waals surface area contributed by atoms with E-state index in [1.54, 1.807) is 7.11 Å². The summed E-state index contributed by atoms with van der Waals surface area (Å²) in [5, 5.41) is 10.3. The summed E-state index contributed by atoms with van der Waals surface area (Å²) < 4.78 is 17.7. The van der Waals surface area contributed by atoms with Crippen LogP contribution in [-0.2, 0) is 6.42 Å². The Labute approximate surface area is 225 Å². The van der Waals surface area contributed by atoms with E-state index in [-0.39, 0.29) is 16.8 Å². The number of hydrogen-bond donors (Lipinski definition) is 0. The zero-order chi connectivity index (χ0) is 27.1. The van der Waals surface area contributed by atoms with Crippen molar-refractivity contribution in [2.45, 2.75) is 53.5 Å². The lowest BCUT2D eigenvalue weighted by molar-refractivity contribution is 0.0970. The van der Waals surface area contributed by atoms with Crippen LogP contribution in [0.2, 0.25) is 0 Å². The summed E-state index contributed by atoms with van der Waals surface area (Å²) in [6.07, 6.45) is 1.66. The van der Waals surface area contributed by atoms with Crippen molar-refractivity contribution in [3.8, 4) is 11.5 Å². The molecule has 2 aromatic heterocycles. The minimum absolute atomic E-state index is 0.0297. The maximum Gasteiger partial charge on any atom is 0.297 e. The molecule has 1 amide bonds. The van der Waals surface area contributed by atoms with Crippen LogP contribution in [0, 0.1) is 19.8 Å². The Kier molecular flexibility index (Phi) is 6.96. The zero-order valence-electron chi connectivity index (χ0n) is 22.5. The van der Waals surface area contributed by atoms with E-state index < -0.39 is 11.9 Å². The Balaban J connectivity index is 1.72. The van der Waals surface area contributed by atoms with Gasteiger partial charge in [-0.05, 0) is 67.1 Å². The van der Waals surface area contributed by atoms with Crippen molar-refractivity contribution >= 4 is 33.3 Å². The molecule has 1 atom stereocenters. The highest BCUT2D eigenvalue weighted by molar-refractivity contribution is 7.15. The highest BCUT2D eigenvalue weighted by Crippen LogP contribution is 2.44. The third-order valence-electron chi connectivity index (χ3n) is 6.69. The average Bonchev–Trinajstić information content (AvgIpc) is 3.46. The molecule has 0 saturated heterocycles. The van der Waals surface area contributed by atoms with Gasteiger partial charge in [0, 0.05) is 6.42 Å². The molecule has 0 bridgehead atoms. The van der Waals surface area contributed by atoms with Crippen LogP contribution in [0.3, 0.4) is 0 Å². The minimum atomic E-state index is -0.754. The van der Waals surface area contributed by atoms with Gasteiger partial charge in [0.25, 0.3) is 5.91 Å². The number of ether oxygens (including phenoxy) is 2. The Hall–Kier alpha value is -3.72.